The lowest BCUT2D eigenvalue weighted by molar-refractivity contribution is 0.457. The minimum absolute atomic E-state index is 0.430. The molecule has 3 nitrogen and oxygen atoms in total. The number of nitriles is 1. The molecule has 2 rings (SSSR count). The molecule has 0 unspecified atom stereocenters. The number of ether oxygens (including phenoxy) is 1. The molecule has 0 saturated carbocycles. The van der Waals surface area contributed by atoms with Gasteiger partial charge >= 0.3 is 0 Å². The van der Waals surface area contributed by atoms with Crippen molar-refractivity contribution >= 4 is 17.3 Å². The highest BCUT2D eigenvalue weighted by Gasteiger charge is 2.15. The number of hydrogen-bond donors (Lipinski definition) is 1. The summed E-state index contributed by atoms with van der Waals surface area (Å²) in [5, 5.41) is 11.9. The second-order valence-electron chi connectivity index (χ2n) is 2.51. The average Bonchev–Trinajstić information content (AvgIpc) is 2.46. The molecule has 4 heteroatoms. The third-order valence-electron chi connectivity index (χ3n) is 1.62. The topological polar surface area (TPSA) is 45.0 Å². The zero-order chi connectivity index (χ0) is 9.26. The number of hydrogen-bond acceptors (Lipinski definition) is 3. The Morgan fingerprint density at radius 1 is 1.54 bits per heavy atom. The van der Waals surface area contributed by atoms with Gasteiger partial charge in [-0.3, -0.25) is 0 Å². The lowest BCUT2D eigenvalue weighted by Gasteiger charge is -1.94. The molecular weight excluding hydrogens is 188 g/mol. The largest absolute Gasteiger partial charge is 0.438 e. The minimum atomic E-state index is 0.430. The number of halogens is 1. The van der Waals surface area contributed by atoms with Gasteiger partial charge in [-0.2, -0.15) is 5.26 Å². The van der Waals surface area contributed by atoms with Crippen LogP contribution in [0.1, 0.15) is 0 Å². The fourth-order valence-electron chi connectivity index (χ4n) is 1.09. The van der Waals surface area contributed by atoms with Crippen molar-refractivity contribution in [2.24, 2.45) is 0 Å². The van der Waals surface area contributed by atoms with Gasteiger partial charge in [0.2, 0.25) is 5.88 Å². The highest BCUT2D eigenvalue weighted by Crippen LogP contribution is 2.34. The van der Waals surface area contributed by atoms with Crippen LogP contribution in [0.15, 0.2) is 30.2 Å². The van der Waals surface area contributed by atoms with E-state index in [1.165, 1.54) is 6.08 Å². The standard InChI is InChI=1S/C9H5ClN2O/c10-6-1-2-8-7(5-6)12-9(13-8)3-4-11/h1-3,5,12H/b9-3+. The number of fused-ring (bicyclic) bond motifs is 1. The van der Waals surface area contributed by atoms with Crippen LogP contribution in [0.25, 0.3) is 0 Å². The summed E-state index contributed by atoms with van der Waals surface area (Å²) in [6.45, 7) is 0. The van der Waals surface area contributed by atoms with Gasteiger partial charge in [-0.05, 0) is 18.2 Å². The highest BCUT2D eigenvalue weighted by molar-refractivity contribution is 6.31. The van der Waals surface area contributed by atoms with Crippen LogP contribution in [0.3, 0.4) is 0 Å². The van der Waals surface area contributed by atoms with Crippen LogP contribution in [0.4, 0.5) is 5.69 Å². The lowest BCUT2D eigenvalue weighted by Crippen LogP contribution is -1.94. The van der Waals surface area contributed by atoms with Crippen molar-refractivity contribution in [3.05, 3.63) is 35.2 Å². The molecule has 0 atom stereocenters. The molecule has 0 fully saturated rings. The minimum Gasteiger partial charge on any atom is -0.438 e. The Morgan fingerprint density at radius 3 is 3.15 bits per heavy atom. The van der Waals surface area contributed by atoms with Gasteiger partial charge in [0.25, 0.3) is 0 Å². The fourth-order valence-corrected chi connectivity index (χ4v) is 1.26. The van der Waals surface area contributed by atoms with Gasteiger partial charge in [0.15, 0.2) is 5.75 Å². The molecule has 64 valence electrons. The maximum Gasteiger partial charge on any atom is 0.208 e. The van der Waals surface area contributed by atoms with Gasteiger partial charge in [0.05, 0.1) is 17.8 Å². The summed E-state index contributed by atoms with van der Waals surface area (Å²) < 4.78 is 5.27. The van der Waals surface area contributed by atoms with E-state index in [-0.39, 0.29) is 0 Å². The number of anilines is 1. The van der Waals surface area contributed by atoms with Crippen LogP contribution in [0, 0.1) is 11.3 Å². The molecule has 0 bridgehead atoms. The number of nitrogens with zero attached hydrogens (tertiary/aromatic N) is 1. The van der Waals surface area contributed by atoms with Crippen LogP contribution in [0.5, 0.6) is 5.75 Å². The van der Waals surface area contributed by atoms with Gasteiger partial charge in [-0.1, -0.05) is 11.6 Å². The molecule has 0 radical (unpaired) electrons. The van der Waals surface area contributed by atoms with E-state index in [1.54, 1.807) is 18.2 Å². The summed E-state index contributed by atoms with van der Waals surface area (Å²) in [5.41, 5.74) is 0.786. The molecule has 1 aromatic carbocycles. The second kappa shape index (κ2) is 3.00. The van der Waals surface area contributed by atoms with Crippen LogP contribution in [-0.2, 0) is 0 Å². The molecule has 0 aromatic heterocycles. The van der Waals surface area contributed by atoms with Gasteiger partial charge in [0, 0.05) is 5.02 Å². The zero-order valence-corrected chi connectivity index (χ0v) is 7.30. The highest BCUT2D eigenvalue weighted by atomic mass is 35.5. The van der Waals surface area contributed by atoms with Crippen molar-refractivity contribution in [3.8, 4) is 11.8 Å². The zero-order valence-electron chi connectivity index (χ0n) is 6.54. The first-order valence-electron chi connectivity index (χ1n) is 3.64. The van der Waals surface area contributed by atoms with E-state index in [9.17, 15) is 0 Å². The van der Waals surface area contributed by atoms with E-state index in [4.69, 9.17) is 21.6 Å². The first-order chi connectivity index (χ1) is 6.29. The van der Waals surface area contributed by atoms with Crippen molar-refractivity contribution < 1.29 is 4.74 Å². The Kier molecular flexibility index (Phi) is 1.84. The summed E-state index contributed by atoms with van der Waals surface area (Å²) in [4.78, 5) is 0. The summed E-state index contributed by atoms with van der Waals surface area (Å²) in [6, 6.07) is 7.11. The molecule has 0 aliphatic carbocycles. The number of benzene rings is 1. The summed E-state index contributed by atoms with van der Waals surface area (Å²) in [7, 11) is 0. The molecule has 1 aliphatic rings. The average molecular weight is 193 g/mol. The Hall–Kier alpha value is -1.66. The van der Waals surface area contributed by atoms with Crippen molar-refractivity contribution in [1.29, 1.82) is 5.26 Å². The van der Waals surface area contributed by atoms with Gasteiger partial charge < -0.3 is 10.1 Å². The maximum absolute atomic E-state index is 8.39. The van der Waals surface area contributed by atoms with E-state index >= 15 is 0 Å². The van der Waals surface area contributed by atoms with Gasteiger partial charge in [-0.25, -0.2) is 0 Å². The molecule has 1 aliphatic heterocycles. The molecule has 0 spiro atoms. The smallest absolute Gasteiger partial charge is 0.208 e. The molecule has 1 heterocycles. The summed E-state index contributed by atoms with van der Waals surface area (Å²) in [6.07, 6.45) is 1.30. The van der Waals surface area contributed by atoms with E-state index in [0.29, 0.717) is 16.7 Å². The van der Waals surface area contributed by atoms with Crippen molar-refractivity contribution in [2.75, 3.05) is 5.32 Å². The molecule has 0 saturated heterocycles. The molecule has 0 amide bonds. The number of allylic oxidation sites excluding steroid dienone is 1. The van der Waals surface area contributed by atoms with Crippen molar-refractivity contribution in [1.82, 2.24) is 0 Å². The van der Waals surface area contributed by atoms with Crippen LogP contribution in [-0.4, -0.2) is 0 Å². The maximum atomic E-state index is 8.39. The summed E-state index contributed by atoms with van der Waals surface area (Å²) in [5.74, 6) is 1.12. The van der Waals surface area contributed by atoms with Gasteiger partial charge in [-0.15, -0.1) is 0 Å². The predicted octanol–water partition coefficient (Wildman–Crippen LogP) is 2.51. The monoisotopic (exact) mass is 192 g/mol. The Bertz CT molecular complexity index is 420. The Labute approximate surface area is 80.2 Å². The summed E-state index contributed by atoms with van der Waals surface area (Å²) >= 11 is 5.77. The van der Waals surface area contributed by atoms with Crippen molar-refractivity contribution in [2.45, 2.75) is 0 Å². The predicted molar refractivity (Wildman–Crippen MR) is 49.4 cm³/mol. The molecule has 1 aromatic rings. The van der Waals surface area contributed by atoms with E-state index in [1.807, 2.05) is 6.07 Å². The molecule has 13 heavy (non-hydrogen) atoms. The lowest BCUT2D eigenvalue weighted by atomic mass is 10.3. The first-order valence-corrected chi connectivity index (χ1v) is 4.01. The van der Waals surface area contributed by atoms with E-state index in [0.717, 1.165) is 5.69 Å². The Balaban J connectivity index is 2.37. The van der Waals surface area contributed by atoms with Crippen LogP contribution >= 0.6 is 11.6 Å². The third-order valence-corrected chi connectivity index (χ3v) is 1.85. The first kappa shape index (κ1) is 7.96. The molecule has 1 N–H and O–H groups in total. The van der Waals surface area contributed by atoms with E-state index < -0.39 is 0 Å². The fraction of sp³-hybridized carbons (Fsp3) is 0. The SMILES string of the molecule is N#C/C=C1\Nc2cc(Cl)ccc2O1. The third kappa shape index (κ3) is 1.44. The molecular formula is C9H5ClN2O. The number of nitrogens with one attached hydrogen (secondary N) is 1. The Morgan fingerprint density at radius 2 is 2.38 bits per heavy atom. The van der Waals surface area contributed by atoms with Crippen LogP contribution in [0.2, 0.25) is 5.02 Å². The second-order valence-corrected chi connectivity index (χ2v) is 2.94. The van der Waals surface area contributed by atoms with Crippen molar-refractivity contribution in [3.63, 3.8) is 0 Å². The van der Waals surface area contributed by atoms with Gasteiger partial charge in [0.1, 0.15) is 0 Å². The van der Waals surface area contributed by atoms with E-state index in [2.05, 4.69) is 5.32 Å². The van der Waals surface area contributed by atoms with Crippen LogP contribution < -0.4 is 10.1 Å². The normalized spacial score (nSPS) is 15.8. The number of rotatable bonds is 0. The quantitative estimate of drug-likeness (QED) is 0.643.